The lowest BCUT2D eigenvalue weighted by Gasteiger charge is -2.21. The van der Waals surface area contributed by atoms with Gasteiger partial charge in [0, 0.05) is 13.6 Å². The van der Waals surface area contributed by atoms with Gasteiger partial charge in [0.1, 0.15) is 11.6 Å². The van der Waals surface area contributed by atoms with E-state index in [2.05, 4.69) is 4.98 Å². The maximum atomic E-state index is 12.8. The summed E-state index contributed by atoms with van der Waals surface area (Å²) >= 11 is 0. The normalized spacial score (nSPS) is 12.1. The highest BCUT2D eigenvalue weighted by atomic mass is 19.1. The van der Waals surface area contributed by atoms with Crippen molar-refractivity contribution in [2.75, 3.05) is 25.1 Å². The molecule has 1 aromatic carbocycles. The van der Waals surface area contributed by atoms with Crippen LogP contribution >= 0.6 is 0 Å². The number of aromatic nitrogens is 1. The Morgan fingerprint density at radius 2 is 2.00 bits per heavy atom. The van der Waals surface area contributed by atoms with Crippen molar-refractivity contribution in [3.05, 3.63) is 60.0 Å². The van der Waals surface area contributed by atoms with Crippen molar-refractivity contribution in [2.45, 2.75) is 12.7 Å². The van der Waals surface area contributed by atoms with E-state index in [1.165, 1.54) is 6.07 Å². The Labute approximate surface area is 123 Å². The summed E-state index contributed by atoms with van der Waals surface area (Å²) in [5.41, 5.74) is 1.07. The first-order valence-corrected chi connectivity index (χ1v) is 6.77. The van der Waals surface area contributed by atoms with Crippen LogP contribution in [0.5, 0.6) is 0 Å². The fourth-order valence-electron chi connectivity index (χ4n) is 1.94. The van der Waals surface area contributed by atoms with E-state index in [1.807, 2.05) is 30.3 Å². The average molecular weight is 290 g/mol. The summed E-state index contributed by atoms with van der Waals surface area (Å²) in [5.74, 6) is 0.234. The molecule has 2 rings (SSSR count). The number of nitrogens with zero attached hydrogens (tertiary/aromatic N) is 2. The van der Waals surface area contributed by atoms with Crippen molar-refractivity contribution in [1.29, 1.82) is 0 Å². The number of likely N-dealkylation sites (N-methyl/N-ethyl adjacent to an activating group) is 1. The summed E-state index contributed by atoms with van der Waals surface area (Å²) < 4.78 is 18.3. The van der Waals surface area contributed by atoms with Crippen LogP contribution in [-0.4, -0.2) is 36.4 Å². The SMILES string of the molecule is CN(C[C@@H](O)COCc1ccccc1)c1ccc(F)cn1. The van der Waals surface area contributed by atoms with E-state index < -0.39 is 6.10 Å². The second kappa shape index (κ2) is 7.71. The molecule has 1 heterocycles. The van der Waals surface area contributed by atoms with Crippen molar-refractivity contribution in [2.24, 2.45) is 0 Å². The van der Waals surface area contributed by atoms with Crippen LogP contribution in [-0.2, 0) is 11.3 Å². The zero-order valence-electron chi connectivity index (χ0n) is 11.9. The summed E-state index contributed by atoms with van der Waals surface area (Å²) in [4.78, 5) is 5.72. The minimum absolute atomic E-state index is 0.237. The van der Waals surface area contributed by atoms with Gasteiger partial charge in [0.15, 0.2) is 0 Å². The monoisotopic (exact) mass is 290 g/mol. The van der Waals surface area contributed by atoms with Crippen LogP contribution in [0.2, 0.25) is 0 Å². The summed E-state index contributed by atoms with van der Waals surface area (Å²) in [7, 11) is 1.79. The zero-order chi connectivity index (χ0) is 15.1. The van der Waals surface area contributed by atoms with Gasteiger partial charge in [-0.2, -0.15) is 0 Å². The maximum absolute atomic E-state index is 12.8. The highest BCUT2D eigenvalue weighted by molar-refractivity contribution is 5.36. The molecule has 0 radical (unpaired) electrons. The van der Waals surface area contributed by atoms with Crippen LogP contribution in [0.4, 0.5) is 10.2 Å². The molecular weight excluding hydrogens is 271 g/mol. The fourth-order valence-corrected chi connectivity index (χ4v) is 1.94. The Balaban J connectivity index is 1.73. The Morgan fingerprint density at radius 3 is 2.67 bits per heavy atom. The molecule has 0 aliphatic carbocycles. The third kappa shape index (κ3) is 5.13. The van der Waals surface area contributed by atoms with Gasteiger partial charge < -0.3 is 14.7 Å². The molecule has 112 valence electrons. The molecule has 4 nitrogen and oxygen atoms in total. The number of benzene rings is 1. The number of ether oxygens (including phenoxy) is 1. The van der Waals surface area contributed by atoms with Crippen molar-refractivity contribution in [3.63, 3.8) is 0 Å². The highest BCUT2D eigenvalue weighted by Gasteiger charge is 2.10. The molecule has 2 aromatic rings. The number of rotatable bonds is 7. The summed E-state index contributed by atoms with van der Waals surface area (Å²) in [6.45, 7) is 1.07. The first kappa shape index (κ1) is 15.4. The van der Waals surface area contributed by atoms with Gasteiger partial charge in [0.25, 0.3) is 0 Å². The van der Waals surface area contributed by atoms with Crippen molar-refractivity contribution >= 4 is 5.82 Å². The van der Waals surface area contributed by atoms with E-state index in [9.17, 15) is 9.50 Å². The molecule has 0 aliphatic rings. The third-order valence-electron chi connectivity index (χ3n) is 3.01. The molecule has 1 N–H and O–H groups in total. The van der Waals surface area contributed by atoms with E-state index in [0.717, 1.165) is 11.8 Å². The lowest BCUT2D eigenvalue weighted by molar-refractivity contribution is 0.0324. The molecule has 0 aliphatic heterocycles. The Morgan fingerprint density at radius 1 is 1.24 bits per heavy atom. The summed E-state index contributed by atoms with van der Waals surface area (Å²) in [5, 5.41) is 9.94. The second-order valence-corrected chi connectivity index (χ2v) is 4.87. The number of pyridine rings is 1. The average Bonchev–Trinajstić information content (AvgIpc) is 2.49. The molecule has 0 unspecified atom stereocenters. The number of hydrogen-bond acceptors (Lipinski definition) is 4. The van der Waals surface area contributed by atoms with Crippen LogP contribution in [0, 0.1) is 5.82 Å². The van der Waals surface area contributed by atoms with Crippen LogP contribution < -0.4 is 4.90 Å². The number of hydrogen-bond donors (Lipinski definition) is 1. The number of halogens is 1. The quantitative estimate of drug-likeness (QED) is 0.849. The Kier molecular flexibility index (Phi) is 5.66. The minimum Gasteiger partial charge on any atom is -0.389 e. The van der Waals surface area contributed by atoms with E-state index in [1.54, 1.807) is 18.0 Å². The largest absolute Gasteiger partial charge is 0.389 e. The smallest absolute Gasteiger partial charge is 0.141 e. The first-order chi connectivity index (χ1) is 10.1. The van der Waals surface area contributed by atoms with Gasteiger partial charge >= 0.3 is 0 Å². The van der Waals surface area contributed by atoms with Crippen LogP contribution in [0.3, 0.4) is 0 Å². The molecule has 0 fully saturated rings. The van der Waals surface area contributed by atoms with Crippen LogP contribution in [0.25, 0.3) is 0 Å². The molecule has 21 heavy (non-hydrogen) atoms. The molecule has 0 amide bonds. The van der Waals surface area contributed by atoms with E-state index in [0.29, 0.717) is 19.0 Å². The van der Waals surface area contributed by atoms with Gasteiger partial charge in [-0.25, -0.2) is 9.37 Å². The molecule has 5 heteroatoms. The minimum atomic E-state index is -0.634. The topological polar surface area (TPSA) is 45.6 Å². The predicted molar refractivity (Wildman–Crippen MR) is 79.6 cm³/mol. The van der Waals surface area contributed by atoms with Gasteiger partial charge in [0.05, 0.1) is 25.5 Å². The molecular formula is C16H19FN2O2. The van der Waals surface area contributed by atoms with Gasteiger partial charge in [-0.3, -0.25) is 0 Å². The Bertz CT molecular complexity index is 534. The third-order valence-corrected chi connectivity index (χ3v) is 3.01. The van der Waals surface area contributed by atoms with Crippen molar-refractivity contribution in [3.8, 4) is 0 Å². The lowest BCUT2D eigenvalue weighted by atomic mass is 10.2. The molecule has 0 saturated heterocycles. The van der Waals surface area contributed by atoms with E-state index in [4.69, 9.17) is 4.74 Å². The number of aliphatic hydroxyl groups is 1. The molecule has 1 aromatic heterocycles. The van der Waals surface area contributed by atoms with E-state index >= 15 is 0 Å². The molecule has 1 atom stereocenters. The first-order valence-electron chi connectivity index (χ1n) is 6.77. The lowest BCUT2D eigenvalue weighted by Crippen LogP contribution is -2.32. The van der Waals surface area contributed by atoms with Crippen molar-refractivity contribution < 1.29 is 14.2 Å². The van der Waals surface area contributed by atoms with Gasteiger partial charge in [-0.05, 0) is 17.7 Å². The van der Waals surface area contributed by atoms with Gasteiger partial charge in [-0.1, -0.05) is 30.3 Å². The number of aliphatic hydroxyl groups excluding tert-OH is 1. The van der Waals surface area contributed by atoms with Gasteiger partial charge in [-0.15, -0.1) is 0 Å². The molecule has 0 spiro atoms. The van der Waals surface area contributed by atoms with Crippen LogP contribution in [0.15, 0.2) is 48.7 Å². The molecule has 0 saturated carbocycles. The summed E-state index contributed by atoms with van der Waals surface area (Å²) in [6, 6.07) is 12.7. The Hall–Kier alpha value is -1.98. The highest BCUT2D eigenvalue weighted by Crippen LogP contribution is 2.09. The fraction of sp³-hybridized carbons (Fsp3) is 0.312. The zero-order valence-corrected chi connectivity index (χ0v) is 11.9. The van der Waals surface area contributed by atoms with Crippen molar-refractivity contribution in [1.82, 2.24) is 4.98 Å². The predicted octanol–water partition coefficient (Wildman–Crippen LogP) is 2.23. The van der Waals surface area contributed by atoms with E-state index in [-0.39, 0.29) is 12.4 Å². The van der Waals surface area contributed by atoms with Gasteiger partial charge in [0.2, 0.25) is 0 Å². The number of anilines is 1. The van der Waals surface area contributed by atoms with Crippen LogP contribution in [0.1, 0.15) is 5.56 Å². The maximum Gasteiger partial charge on any atom is 0.141 e. The standard InChI is InChI=1S/C16H19FN2O2/c1-19(16-8-7-14(17)9-18-16)10-15(20)12-21-11-13-5-3-2-4-6-13/h2-9,15,20H,10-12H2,1H3/t15-/m1/s1. The molecule has 0 bridgehead atoms. The summed E-state index contributed by atoms with van der Waals surface area (Å²) in [6.07, 6.45) is 0.523. The second-order valence-electron chi connectivity index (χ2n) is 4.87.